The van der Waals surface area contributed by atoms with Gasteiger partial charge in [0.1, 0.15) is 0 Å². The molecule has 6 nitrogen and oxygen atoms in total. The Morgan fingerprint density at radius 3 is 2.45 bits per heavy atom. The van der Waals surface area contributed by atoms with Crippen molar-refractivity contribution in [2.75, 3.05) is 4.72 Å². The van der Waals surface area contributed by atoms with Gasteiger partial charge < -0.3 is 0 Å². The van der Waals surface area contributed by atoms with E-state index in [-0.39, 0.29) is 16.1 Å². The van der Waals surface area contributed by atoms with Gasteiger partial charge >= 0.3 is 0 Å². The van der Waals surface area contributed by atoms with E-state index in [0.717, 1.165) is 9.13 Å². The van der Waals surface area contributed by atoms with Crippen molar-refractivity contribution < 1.29 is 13.3 Å². The highest BCUT2D eigenvalue weighted by Crippen LogP contribution is 2.27. The van der Waals surface area contributed by atoms with E-state index in [1.807, 2.05) is 6.07 Å². The number of nitro benzene ring substituents is 1. The Morgan fingerprint density at radius 2 is 1.86 bits per heavy atom. The number of aryl methyl sites for hydroxylation is 1. The van der Waals surface area contributed by atoms with Crippen LogP contribution in [0.25, 0.3) is 0 Å². The number of nitrogens with zero attached hydrogens (tertiary/aromatic N) is 1. The first-order chi connectivity index (χ1) is 10.2. The first-order valence-electron chi connectivity index (χ1n) is 6.25. The molecule has 0 fully saturated rings. The fourth-order valence-electron chi connectivity index (χ4n) is 2.03. The Hall–Kier alpha value is -1.68. The predicted molar refractivity (Wildman–Crippen MR) is 92.5 cm³/mol. The smallest absolute Gasteiger partial charge is 0.273 e. The Kier molecular flexibility index (Phi) is 4.71. The van der Waals surface area contributed by atoms with Crippen LogP contribution in [0.2, 0.25) is 0 Å². The van der Waals surface area contributed by atoms with Gasteiger partial charge in [0.05, 0.1) is 15.5 Å². The number of hydrogen-bond acceptors (Lipinski definition) is 4. The van der Waals surface area contributed by atoms with E-state index < -0.39 is 14.9 Å². The Balaban J connectivity index is 2.47. The summed E-state index contributed by atoms with van der Waals surface area (Å²) in [5.74, 6) is 0. The van der Waals surface area contributed by atoms with Crippen LogP contribution < -0.4 is 4.72 Å². The summed E-state index contributed by atoms with van der Waals surface area (Å²) in [5, 5.41) is 10.9. The summed E-state index contributed by atoms with van der Waals surface area (Å²) in [6.07, 6.45) is 0. The fraction of sp³-hybridized carbons (Fsp3) is 0.143. The molecule has 0 amide bonds. The van der Waals surface area contributed by atoms with Crippen molar-refractivity contribution in [1.29, 1.82) is 0 Å². The molecule has 0 heterocycles. The van der Waals surface area contributed by atoms with Gasteiger partial charge in [-0.05, 0) is 66.3 Å². The third-order valence-electron chi connectivity index (χ3n) is 3.17. The molecule has 0 unspecified atom stereocenters. The van der Waals surface area contributed by atoms with E-state index in [9.17, 15) is 18.5 Å². The van der Waals surface area contributed by atoms with Gasteiger partial charge in [-0.15, -0.1) is 0 Å². The molecular weight excluding hydrogens is 419 g/mol. The Bertz CT molecular complexity index is 850. The van der Waals surface area contributed by atoms with E-state index in [1.54, 1.807) is 19.1 Å². The minimum Gasteiger partial charge on any atom is -0.279 e. The van der Waals surface area contributed by atoms with Crippen LogP contribution in [-0.4, -0.2) is 13.3 Å². The maximum atomic E-state index is 12.5. The summed E-state index contributed by atoms with van der Waals surface area (Å²) in [6, 6.07) is 9.30. The molecule has 0 aliphatic rings. The molecule has 22 heavy (non-hydrogen) atoms. The number of sulfonamides is 1. The van der Waals surface area contributed by atoms with Gasteiger partial charge in [-0.25, -0.2) is 8.42 Å². The summed E-state index contributed by atoms with van der Waals surface area (Å²) < 4.78 is 28.5. The summed E-state index contributed by atoms with van der Waals surface area (Å²) >= 11 is 2.14. The standard InChI is InChI=1S/C14H13IN2O4S/c1-9-8-11(15)6-7-12(9)16-22(20,21)14-5-3-4-13(10(14)2)17(18)19/h3-8,16H,1-2H3. The number of anilines is 1. The van der Waals surface area contributed by atoms with Crippen molar-refractivity contribution in [2.24, 2.45) is 0 Å². The summed E-state index contributed by atoms with van der Waals surface area (Å²) in [6.45, 7) is 3.22. The molecule has 2 aromatic carbocycles. The van der Waals surface area contributed by atoms with Crippen LogP contribution in [-0.2, 0) is 10.0 Å². The van der Waals surface area contributed by atoms with Crippen LogP contribution in [0.5, 0.6) is 0 Å². The molecule has 0 aliphatic carbocycles. The van der Waals surface area contributed by atoms with Gasteiger partial charge in [-0.1, -0.05) is 6.07 Å². The third-order valence-corrected chi connectivity index (χ3v) is 5.36. The first kappa shape index (κ1) is 16.7. The molecule has 2 aromatic rings. The Morgan fingerprint density at radius 1 is 1.18 bits per heavy atom. The van der Waals surface area contributed by atoms with Crippen LogP contribution in [0.4, 0.5) is 11.4 Å². The zero-order chi connectivity index (χ0) is 16.5. The minimum absolute atomic E-state index is 0.0975. The second kappa shape index (κ2) is 6.21. The molecule has 8 heteroatoms. The highest BCUT2D eigenvalue weighted by molar-refractivity contribution is 14.1. The second-order valence-corrected chi connectivity index (χ2v) is 7.62. The topological polar surface area (TPSA) is 89.3 Å². The lowest BCUT2D eigenvalue weighted by atomic mass is 10.2. The van der Waals surface area contributed by atoms with Crippen molar-refractivity contribution in [3.8, 4) is 0 Å². The van der Waals surface area contributed by atoms with Gasteiger partial charge in [-0.3, -0.25) is 14.8 Å². The molecule has 0 saturated heterocycles. The van der Waals surface area contributed by atoms with E-state index in [4.69, 9.17) is 0 Å². The average molecular weight is 432 g/mol. The number of hydrogen-bond donors (Lipinski definition) is 1. The molecule has 2 rings (SSSR count). The molecule has 0 spiro atoms. The number of halogens is 1. The average Bonchev–Trinajstić information content (AvgIpc) is 2.41. The maximum absolute atomic E-state index is 12.5. The lowest BCUT2D eigenvalue weighted by molar-refractivity contribution is -0.385. The summed E-state index contributed by atoms with van der Waals surface area (Å²) in [5.41, 5.74) is 1.12. The van der Waals surface area contributed by atoms with Gasteiger partial charge in [-0.2, -0.15) is 0 Å². The second-order valence-electron chi connectivity index (χ2n) is 4.72. The van der Waals surface area contributed by atoms with Crippen LogP contribution in [0.3, 0.4) is 0 Å². The number of rotatable bonds is 4. The van der Waals surface area contributed by atoms with Gasteiger partial charge in [0.2, 0.25) is 0 Å². The quantitative estimate of drug-likeness (QED) is 0.454. The highest BCUT2D eigenvalue weighted by atomic mass is 127. The van der Waals surface area contributed by atoms with Crippen LogP contribution in [0, 0.1) is 27.5 Å². The molecular formula is C14H13IN2O4S. The third kappa shape index (κ3) is 3.38. The van der Waals surface area contributed by atoms with Crippen LogP contribution in [0.1, 0.15) is 11.1 Å². The molecule has 0 atom stereocenters. The van der Waals surface area contributed by atoms with Crippen molar-refractivity contribution in [1.82, 2.24) is 0 Å². The van der Waals surface area contributed by atoms with Crippen LogP contribution in [0.15, 0.2) is 41.3 Å². The first-order valence-corrected chi connectivity index (χ1v) is 8.81. The molecule has 0 bridgehead atoms. The van der Waals surface area contributed by atoms with Gasteiger partial charge in [0, 0.05) is 15.2 Å². The van der Waals surface area contributed by atoms with Crippen LogP contribution >= 0.6 is 22.6 Å². The maximum Gasteiger partial charge on any atom is 0.273 e. The molecule has 0 aromatic heterocycles. The number of nitrogens with one attached hydrogen (secondary N) is 1. The summed E-state index contributed by atoms with van der Waals surface area (Å²) in [7, 11) is -3.89. The molecule has 116 valence electrons. The van der Waals surface area contributed by atoms with E-state index >= 15 is 0 Å². The number of nitro groups is 1. The van der Waals surface area contributed by atoms with Crippen molar-refractivity contribution in [2.45, 2.75) is 18.7 Å². The van der Waals surface area contributed by atoms with E-state index in [2.05, 4.69) is 27.3 Å². The normalized spacial score (nSPS) is 11.2. The highest BCUT2D eigenvalue weighted by Gasteiger charge is 2.23. The molecule has 0 saturated carbocycles. The zero-order valence-electron chi connectivity index (χ0n) is 11.8. The van der Waals surface area contributed by atoms with Crippen molar-refractivity contribution in [3.63, 3.8) is 0 Å². The lowest BCUT2D eigenvalue weighted by Crippen LogP contribution is -2.15. The fourth-order valence-corrected chi connectivity index (χ4v) is 4.07. The van der Waals surface area contributed by atoms with Gasteiger partial charge in [0.25, 0.3) is 15.7 Å². The zero-order valence-corrected chi connectivity index (χ0v) is 14.8. The monoisotopic (exact) mass is 432 g/mol. The van der Waals surface area contributed by atoms with E-state index in [1.165, 1.54) is 25.1 Å². The SMILES string of the molecule is Cc1cc(I)ccc1NS(=O)(=O)c1cccc([N+](=O)[O-])c1C. The summed E-state index contributed by atoms with van der Waals surface area (Å²) in [4.78, 5) is 10.3. The lowest BCUT2D eigenvalue weighted by Gasteiger charge is -2.12. The largest absolute Gasteiger partial charge is 0.279 e. The van der Waals surface area contributed by atoms with Crippen molar-refractivity contribution >= 4 is 44.0 Å². The molecule has 1 N–H and O–H groups in total. The molecule has 0 aliphatic heterocycles. The minimum atomic E-state index is -3.89. The van der Waals surface area contributed by atoms with E-state index in [0.29, 0.717) is 5.69 Å². The Labute approximate surface area is 141 Å². The van der Waals surface area contributed by atoms with Crippen molar-refractivity contribution in [3.05, 3.63) is 61.2 Å². The van der Waals surface area contributed by atoms with Gasteiger partial charge in [0.15, 0.2) is 0 Å². The molecule has 0 radical (unpaired) electrons. The predicted octanol–water partition coefficient (Wildman–Crippen LogP) is 3.62. The number of benzene rings is 2.